The maximum Gasteiger partial charge on any atom is 0.263 e. The first-order chi connectivity index (χ1) is 6.77. The smallest absolute Gasteiger partial charge is 0.263 e. The molecule has 1 aliphatic rings. The molecular formula is C9H16N2O3. The van der Waals surface area contributed by atoms with E-state index >= 15 is 0 Å². The van der Waals surface area contributed by atoms with Crippen molar-refractivity contribution < 1.29 is 14.3 Å². The van der Waals surface area contributed by atoms with E-state index in [1.165, 1.54) is 0 Å². The molecule has 14 heavy (non-hydrogen) atoms. The molecule has 3 N–H and O–H groups in total. The van der Waals surface area contributed by atoms with E-state index in [-0.39, 0.29) is 12.0 Å². The number of ether oxygens (including phenoxy) is 2. The van der Waals surface area contributed by atoms with Crippen molar-refractivity contribution in [3.05, 3.63) is 12.7 Å². The zero-order chi connectivity index (χ0) is 10.4. The Bertz CT molecular complexity index is 208. The Morgan fingerprint density at radius 2 is 2.50 bits per heavy atom. The van der Waals surface area contributed by atoms with Gasteiger partial charge in [-0.1, -0.05) is 6.08 Å². The van der Waals surface area contributed by atoms with E-state index in [4.69, 9.17) is 15.3 Å². The van der Waals surface area contributed by atoms with E-state index in [1.54, 1.807) is 6.08 Å². The third-order valence-electron chi connectivity index (χ3n) is 2.08. The average Bonchev–Trinajstić information content (AvgIpc) is 2.66. The lowest BCUT2D eigenvalue weighted by molar-refractivity contribution is -0.133. The minimum atomic E-state index is -0.419. The Morgan fingerprint density at radius 1 is 1.71 bits per heavy atom. The second-order valence-electron chi connectivity index (χ2n) is 3.16. The van der Waals surface area contributed by atoms with Gasteiger partial charge in [-0.3, -0.25) is 10.2 Å². The minimum Gasteiger partial charge on any atom is -0.375 e. The maximum atomic E-state index is 11.1. The van der Waals surface area contributed by atoms with Crippen molar-refractivity contribution in [2.24, 2.45) is 5.84 Å². The summed E-state index contributed by atoms with van der Waals surface area (Å²) in [5.41, 5.74) is 2.07. The number of hydrazine groups is 1. The molecule has 5 nitrogen and oxygen atoms in total. The van der Waals surface area contributed by atoms with Gasteiger partial charge < -0.3 is 9.47 Å². The molecule has 0 spiro atoms. The highest BCUT2D eigenvalue weighted by Gasteiger charge is 2.30. The molecule has 0 bridgehead atoms. The fraction of sp³-hybridized carbons (Fsp3) is 0.667. The largest absolute Gasteiger partial charge is 0.375 e. The van der Waals surface area contributed by atoms with E-state index in [0.717, 1.165) is 6.42 Å². The molecule has 0 aromatic rings. The fourth-order valence-corrected chi connectivity index (χ4v) is 1.40. The molecule has 1 fully saturated rings. The van der Waals surface area contributed by atoms with Gasteiger partial charge in [0.05, 0.1) is 19.3 Å². The van der Waals surface area contributed by atoms with Gasteiger partial charge >= 0.3 is 0 Å². The predicted molar refractivity (Wildman–Crippen MR) is 51.2 cm³/mol. The van der Waals surface area contributed by atoms with Crippen LogP contribution in [0.3, 0.4) is 0 Å². The van der Waals surface area contributed by atoms with Crippen molar-refractivity contribution in [2.45, 2.75) is 25.0 Å². The van der Waals surface area contributed by atoms with Crippen molar-refractivity contribution in [2.75, 3.05) is 13.2 Å². The molecule has 1 heterocycles. The van der Waals surface area contributed by atoms with Crippen LogP contribution in [0.4, 0.5) is 0 Å². The Kier molecular flexibility index (Phi) is 4.58. The van der Waals surface area contributed by atoms with E-state index in [9.17, 15) is 4.79 Å². The summed E-state index contributed by atoms with van der Waals surface area (Å²) in [6, 6.07) is 0. The standard InChI is InChI=1S/C9H16N2O3/c1-2-5-13-6-7-3-4-8(14-7)9(12)11-10/h2,7-8H,1,3-6,10H2,(H,11,12). The topological polar surface area (TPSA) is 73.6 Å². The third-order valence-corrected chi connectivity index (χ3v) is 2.08. The van der Waals surface area contributed by atoms with Crippen LogP contribution < -0.4 is 11.3 Å². The van der Waals surface area contributed by atoms with E-state index in [0.29, 0.717) is 19.6 Å². The zero-order valence-electron chi connectivity index (χ0n) is 8.07. The van der Waals surface area contributed by atoms with Gasteiger partial charge in [0.2, 0.25) is 0 Å². The summed E-state index contributed by atoms with van der Waals surface area (Å²) in [6.45, 7) is 4.54. The molecule has 0 saturated carbocycles. The van der Waals surface area contributed by atoms with Crippen LogP contribution in [-0.2, 0) is 14.3 Å². The molecule has 80 valence electrons. The van der Waals surface area contributed by atoms with Gasteiger partial charge in [0.15, 0.2) is 0 Å². The highest BCUT2D eigenvalue weighted by atomic mass is 16.5. The first-order valence-corrected chi connectivity index (χ1v) is 4.62. The number of amides is 1. The summed E-state index contributed by atoms with van der Waals surface area (Å²) < 4.78 is 10.6. The summed E-state index contributed by atoms with van der Waals surface area (Å²) in [7, 11) is 0. The molecule has 0 aromatic carbocycles. The van der Waals surface area contributed by atoms with Crippen LogP contribution in [-0.4, -0.2) is 31.3 Å². The van der Waals surface area contributed by atoms with Crippen LogP contribution in [0.5, 0.6) is 0 Å². The highest BCUT2D eigenvalue weighted by Crippen LogP contribution is 2.19. The molecule has 1 saturated heterocycles. The second kappa shape index (κ2) is 5.74. The van der Waals surface area contributed by atoms with Crippen molar-refractivity contribution in [3.63, 3.8) is 0 Å². The molecule has 1 amide bonds. The van der Waals surface area contributed by atoms with Gasteiger partial charge in [-0.15, -0.1) is 6.58 Å². The van der Waals surface area contributed by atoms with Crippen LogP contribution in [0, 0.1) is 0 Å². The van der Waals surface area contributed by atoms with Crippen LogP contribution >= 0.6 is 0 Å². The number of carbonyl (C=O) groups excluding carboxylic acids is 1. The predicted octanol–water partition coefficient (Wildman–Crippen LogP) is -0.273. The average molecular weight is 200 g/mol. The lowest BCUT2D eigenvalue weighted by Gasteiger charge is -2.11. The summed E-state index contributed by atoms with van der Waals surface area (Å²) in [5.74, 6) is 4.73. The normalized spacial score (nSPS) is 26.1. The van der Waals surface area contributed by atoms with Crippen molar-refractivity contribution >= 4 is 5.91 Å². The van der Waals surface area contributed by atoms with Crippen molar-refractivity contribution in [3.8, 4) is 0 Å². The third kappa shape index (κ3) is 3.10. The van der Waals surface area contributed by atoms with Gasteiger partial charge in [0.25, 0.3) is 5.91 Å². The maximum absolute atomic E-state index is 11.1. The Morgan fingerprint density at radius 3 is 3.14 bits per heavy atom. The van der Waals surface area contributed by atoms with E-state index in [1.807, 2.05) is 0 Å². The van der Waals surface area contributed by atoms with Crippen LogP contribution in [0.1, 0.15) is 12.8 Å². The number of nitrogens with two attached hydrogens (primary N) is 1. The monoisotopic (exact) mass is 200 g/mol. The van der Waals surface area contributed by atoms with Gasteiger partial charge in [0, 0.05) is 0 Å². The number of hydrogen-bond acceptors (Lipinski definition) is 4. The van der Waals surface area contributed by atoms with Crippen LogP contribution in [0.15, 0.2) is 12.7 Å². The summed E-state index contributed by atoms with van der Waals surface area (Å²) in [5, 5.41) is 0. The molecule has 2 unspecified atom stereocenters. The first kappa shape index (κ1) is 11.2. The number of carbonyl (C=O) groups is 1. The SMILES string of the molecule is C=CCOCC1CCC(C(=O)NN)O1. The fourth-order valence-electron chi connectivity index (χ4n) is 1.40. The second-order valence-corrected chi connectivity index (χ2v) is 3.16. The molecule has 0 aliphatic carbocycles. The quantitative estimate of drug-likeness (QED) is 0.210. The summed E-state index contributed by atoms with van der Waals surface area (Å²) >= 11 is 0. The molecule has 0 aromatic heterocycles. The Hall–Kier alpha value is -0.910. The first-order valence-electron chi connectivity index (χ1n) is 4.62. The highest BCUT2D eigenvalue weighted by molar-refractivity contribution is 5.80. The van der Waals surface area contributed by atoms with Gasteiger partial charge in [-0.25, -0.2) is 5.84 Å². The molecule has 0 radical (unpaired) electrons. The molecule has 2 atom stereocenters. The van der Waals surface area contributed by atoms with E-state index in [2.05, 4.69) is 12.0 Å². The van der Waals surface area contributed by atoms with Crippen LogP contribution in [0.2, 0.25) is 0 Å². The molecule has 5 heteroatoms. The summed E-state index contributed by atoms with van der Waals surface area (Å²) in [4.78, 5) is 11.1. The van der Waals surface area contributed by atoms with E-state index < -0.39 is 6.10 Å². The molecule has 1 rings (SSSR count). The molecule has 1 aliphatic heterocycles. The lowest BCUT2D eigenvalue weighted by Crippen LogP contribution is -2.39. The van der Waals surface area contributed by atoms with Gasteiger partial charge in [0.1, 0.15) is 6.10 Å². The number of rotatable bonds is 5. The minimum absolute atomic E-state index is 0.00255. The van der Waals surface area contributed by atoms with Gasteiger partial charge in [-0.2, -0.15) is 0 Å². The van der Waals surface area contributed by atoms with Crippen LogP contribution in [0.25, 0.3) is 0 Å². The van der Waals surface area contributed by atoms with Crippen molar-refractivity contribution in [1.82, 2.24) is 5.43 Å². The number of nitrogens with one attached hydrogen (secondary N) is 1. The molecular weight excluding hydrogens is 184 g/mol. The zero-order valence-corrected chi connectivity index (χ0v) is 8.07. The Balaban J connectivity index is 2.20. The number of hydrogen-bond donors (Lipinski definition) is 2. The van der Waals surface area contributed by atoms with Crippen molar-refractivity contribution in [1.29, 1.82) is 0 Å². The lowest BCUT2D eigenvalue weighted by atomic mass is 10.2. The van der Waals surface area contributed by atoms with Gasteiger partial charge in [-0.05, 0) is 12.8 Å². The Labute approximate surface area is 83.2 Å². The summed E-state index contributed by atoms with van der Waals surface area (Å²) in [6.07, 6.45) is 2.79.